The van der Waals surface area contributed by atoms with Crippen LogP contribution in [-0.4, -0.2) is 29.4 Å². The van der Waals surface area contributed by atoms with Crippen molar-refractivity contribution in [3.05, 3.63) is 60.2 Å². The number of carboxylic acids is 1. The highest BCUT2D eigenvalue weighted by Gasteiger charge is 2.12. The molecule has 0 saturated carbocycles. The number of hydrogen-bond donors (Lipinski definition) is 2. The van der Waals surface area contributed by atoms with Gasteiger partial charge in [0.15, 0.2) is 0 Å². The molecule has 0 unspecified atom stereocenters. The summed E-state index contributed by atoms with van der Waals surface area (Å²) >= 11 is 0. The minimum atomic E-state index is -0.943. The molecule has 5 heteroatoms. The molecule has 0 fully saturated rings. The Kier molecular flexibility index (Phi) is 8.50. The Bertz CT molecular complexity index is 859. The average molecular weight is 352 g/mol. The zero-order valence-corrected chi connectivity index (χ0v) is 15.5. The van der Waals surface area contributed by atoms with Crippen LogP contribution in [0.1, 0.15) is 31.1 Å². The van der Waals surface area contributed by atoms with Gasteiger partial charge in [0.2, 0.25) is 0 Å². The number of nitrogens with one attached hydrogen (secondary N) is 1. The highest BCUT2D eigenvalue weighted by molar-refractivity contribution is 6.03. The van der Waals surface area contributed by atoms with E-state index < -0.39 is 5.97 Å². The molecule has 0 radical (unpaired) electrons. The molecule has 26 heavy (non-hydrogen) atoms. The summed E-state index contributed by atoms with van der Waals surface area (Å²) in [7, 11) is 1.85. The van der Waals surface area contributed by atoms with E-state index in [1.165, 1.54) is 6.92 Å². The third kappa shape index (κ3) is 5.14. The second kappa shape index (κ2) is 10.6. The van der Waals surface area contributed by atoms with Gasteiger partial charge < -0.3 is 15.2 Å². The molecule has 0 spiro atoms. The van der Waals surface area contributed by atoms with Crippen LogP contribution in [-0.2, 0) is 4.79 Å². The number of aromatic nitrogens is 1. The van der Waals surface area contributed by atoms with Gasteiger partial charge in [-0.15, -0.1) is 0 Å². The maximum absolute atomic E-state index is 11.5. The van der Waals surface area contributed by atoms with Crippen LogP contribution in [0, 0.1) is 0 Å². The Labute approximate surface area is 153 Å². The molecule has 3 rings (SSSR count). The smallest absolute Gasteiger partial charge is 0.336 e. The summed E-state index contributed by atoms with van der Waals surface area (Å²) in [6.07, 6.45) is 0.750. The number of carbonyl (C=O) groups is 2. The molecule has 1 heterocycles. The fourth-order valence-electron chi connectivity index (χ4n) is 2.31. The molecule has 3 aromatic rings. The van der Waals surface area contributed by atoms with Crippen LogP contribution < -0.4 is 5.32 Å². The number of aldehydes is 1. The van der Waals surface area contributed by atoms with E-state index in [1.54, 1.807) is 12.1 Å². The van der Waals surface area contributed by atoms with E-state index in [9.17, 15) is 9.90 Å². The summed E-state index contributed by atoms with van der Waals surface area (Å²) in [5.41, 5.74) is 3.51. The first-order valence-electron chi connectivity index (χ1n) is 8.41. The Morgan fingerprint density at radius 1 is 1.08 bits per heavy atom. The Hall–Kier alpha value is -3.21. The zero-order chi connectivity index (χ0) is 19.5. The third-order valence-electron chi connectivity index (χ3n) is 3.42. The van der Waals surface area contributed by atoms with Crippen molar-refractivity contribution in [3.8, 4) is 11.3 Å². The third-order valence-corrected chi connectivity index (χ3v) is 3.42. The Balaban J connectivity index is 0.000000615. The molecule has 1 aromatic heterocycles. The van der Waals surface area contributed by atoms with Gasteiger partial charge in [0.05, 0.1) is 16.8 Å². The van der Waals surface area contributed by atoms with Crippen molar-refractivity contribution >= 4 is 28.8 Å². The molecular formula is C21H24N2O3. The Morgan fingerprint density at radius 3 is 2.19 bits per heavy atom. The van der Waals surface area contributed by atoms with E-state index in [4.69, 9.17) is 4.79 Å². The van der Waals surface area contributed by atoms with Gasteiger partial charge >= 0.3 is 5.97 Å². The van der Waals surface area contributed by atoms with Crippen molar-refractivity contribution < 1.29 is 14.7 Å². The van der Waals surface area contributed by atoms with E-state index in [-0.39, 0.29) is 5.56 Å². The number of para-hydroxylation sites is 1. The summed E-state index contributed by atoms with van der Waals surface area (Å²) in [5, 5.41) is 13.1. The highest BCUT2D eigenvalue weighted by atomic mass is 16.4. The fourth-order valence-corrected chi connectivity index (χ4v) is 2.31. The molecule has 0 atom stereocenters. The molecule has 0 aliphatic carbocycles. The number of carbonyl (C=O) groups excluding carboxylic acids is 1. The van der Waals surface area contributed by atoms with Gasteiger partial charge in [-0.05, 0) is 31.2 Å². The van der Waals surface area contributed by atoms with Gasteiger partial charge in [-0.2, -0.15) is 0 Å². The molecule has 2 N–H and O–H groups in total. The lowest BCUT2D eigenvalue weighted by atomic mass is 10.0. The average Bonchev–Trinajstić information content (AvgIpc) is 2.69. The standard InChI is InChI=1S/C17H14N2O2.C2H4O.C2H6/c1-18-12-8-6-11(7-9-12)16-10-14(17(20)21)13-4-2-3-5-15(13)19-16;1-2-3;1-2/h2-10,18H,1H3,(H,20,21);2H,1H3;1-2H3. The van der Waals surface area contributed by atoms with Gasteiger partial charge in [-0.3, -0.25) is 0 Å². The monoisotopic (exact) mass is 352 g/mol. The number of carboxylic acid groups (broad SMARTS) is 1. The summed E-state index contributed by atoms with van der Waals surface area (Å²) in [4.78, 5) is 24.8. The largest absolute Gasteiger partial charge is 0.478 e. The van der Waals surface area contributed by atoms with E-state index in [0.29, 0.717) is 16.6 Å². The number of aromatic carboxylic acids is 1. The number of hydrogen-bond acceptors (Lipinski definition) is 4. The van der Waals surface area contributed by atoms with Crippen LogP contribution in [0.5, 0.6) is 0 Å². The highest BCUT2D eigenvalue weighted by Crippen LogP contribution is 2.25. The van der Waals surface area contributed by atoms with Gasteiger partial charge in [0.1, 0.15) is 6.29 Å². The number of rotatable bonds is 3. The van der Waals surface area contributed by atoms with E-state index in [2.05, 4.69) is 10.3 Å². The predicted molar refractivity (Wildman–Crippen MR) is 107 cm³/mol. The second-order valence-electron chi connectivity index (χ2n) is 4.94. The second-order valence-corrected chi connectivity index (χ2v) is 4.94. The zero-order valence-electron chi connectivity index (χ0n) is 15.5. The van der Waals surface area contributed by atoms with Crippen LogP contribution in [0.2, 0.25) is 0 Å². The quantitative estimate of drug-likeness (QED) is 0.657. The molecule has 5 nitrogen and oxygen atoms in total. The lowest BCUT2D eigenvalue weighted by Crippen LogP contribution is -2.00. The first kappa shape index (κ1) is 20.8. The summed E-state index contributed by atoms with van der Waals surface area (Å²) in [5.74, 6) is -0.943. The maximum Gasteiger partial charge on any atom is 0.336 e. The Morgan fingerprint density at radius 2 is 1.65 bits per heavy atom. The van der Waals surface area contributed by atoms with Crippen LogP contribution in [0.25, 0.3) is 22.2 Å². The van der Waals surface area contributed by atoms with Crippen molar-refractivity contribution in [2.75, 3.05) is 12.4 Å². The van der Waals surface area contributed by atoms with E-state index in [1.807, 2.05) is 63.4 Å². The van der Waals surface area contributed by atoms with Gasteiger partial charge in [-0.25, -0.2) is 9.78 Å². The van der Waals surface area contributed by atoms with Gasteiger partial charge in [0.25, 0.3) is 0 Å². The number of pyridine rings is 1. The van der Waals surface area contributed by atoms with Crippen molar-refractivity contribution in [3.63, 3.8) is 0 Å². The molecule has 0 saturated heterocycles. The number of fused-ring (bicyclic) bond motifs is 1. The van der Waals surface area contributed by atoms with Gasteiger partial charge in [-0.1, -0.05) is 44.2 Å². The lowest BCUT2D eigenvalue weighted by molar-refractivity contribution is -0.106. The normalized spacial score (nSPS) is 9.23. The lowest BCUT2D eigenvalue weighted by Gasteiger charge is -2.08. The van der Waals surface area contributed by atoms with Crippen molar-refractivity contribution in [1.29, 1.82) is 0 Å². The van der Waals surface area contributed by atoms with Crippen molar-refractivity contribution in [1.82, 2.24) is 4.98 Å². The number of nitrogens with zero attached hydrogens (tertiary/aromatic N) is 1. The van der Waals surface area contributed by atoms with Crippen LogP contribution in [0.3, 0.4) is 0 Å². The first-order valence-corrected chi connectivity index (χ1v) is 8.41. The maximum atomic E-state index is 11.5. The fraction of sp³-hybridized carbons (Fsp3) is 0.190. The minimum absolute atomic E-state index is 0.272. The molecular weight excluding hydrogens is 328 g/mol. The summed E-state index contributed by atoms with van der Waals surface area (Å²) in [6.45, 7) is 5.44. The van der Waals surface area contributed by atoms with Crippen LogP contribution >= 0.6 is 0 Å². The molecule has 0 aliphatic heterocycles. The molecule has 136 valence electrons. The van der Waals surface area contributed by atoms with E-state index >= 15 is 0 Å². The molecule has 0 amide bonds. The molecule has 0 aliphatic rings. The van der Waals surface area contributed by atoms with Crippen molar-refractivity contribution in [2.45, 2.75) is 20.8 Å². The minimum Gasteiger partial charge on any atom is -0.478 e. The SMILES string of the molecule is CC.CC=O.CNc1ccc(-c2cc(C(=O)O)c3ccccc3n2)cc1. The number of benzene rings is 2. The summed E-state index contributed by atoms with van der Waals surface area (Å²) < 4.78 is 0. The molecule has 2 aromatic carbocycles. The van der Waals surface area contributed by atoms with Gasteiger partial charge in [0, 0.05) is 23.7 Å². The van der Waals surface area contributed by atoms with Crippen molar-refractivity contribution in [2.24, 2.45) is 0 Å². The topological polar surface area (TPSA) is 79.3 Å². The molecule has 0 bridgehead atoms. The predicted octanol–water partition coefficient (Wildman–Crippen LogP) is 4.87. The van der Waals surface area contributed by atoms with E-state index in [0.717, 1.165) is 17.5 Å². The van der Waals surface area contributed by atoms with Crippen LogP contribution in [0.15, 0.2) is 54.6 Å². The number of anilines is 1. The first-order chi connectivity index (χ1) is 12.6. The van der Waals surface area contributed by atoms with Crippen LogP contribution in [0.4, 0.5) is 5.69 Å². The summed E-state index contributed by atoms with van der Waals surface area (Å²) in [6, 6.07) is 16.6.